The van der Waals surface area contributed by atoms with E-state index in [1.54, 1.807) is 0 Å². The second-order valence-electron chi connectivity index (χ2n) is 27.0. The maximum absolute atomic E-state index is 13.1. The minimum absolute atomic E-state index is 0.00479. The average Bonchev–Trinajstić information content (AvgIpc) is 0.899. The van der Waals surface area contributed by atoms with Gasteiger partial charge in [0.2, 0.25) is 0 Å². The highest BCUT2D eigenvalue weighted by Gasteiger charge is 2.30. The molecule has 0 heterocycles. The second kappa shape index (κ2) is 80.9. The Morgan fingerprint density at radius 2 is 0.500 bits per heavy atom. The number of carbonyl (C=O) groups excluding carboxylic acids is 4. The second-order valence-corrected chi connectivity index (χ2v) is 29.9. The van der Waals surface area contributed by atoms with Crippen LogP contribution < -0.4 is 0 Å². The van der Waals surface area contributed by atoms with Crippen LogP contribution in [0.5, 0.6) is 0 Å². The molecule has 0 spiro atoms. The number of aliphatic hydroxyl groups is 1. The van der Waals surface area contributed by atoms with Crippen LogP contribution in [0.2, 0.25) is 0 Å². The SMILES string of the molecule is CC/C=C\C/C=C\C/C=C\C/C=C\C/C=C\CCCCCC(=O)OC[C@H](COP(=O)(O)OC[C@@H](O)COP(=O)(O)OC[C@@H](COC(=O)CC/C=C\C/C=C\C/C=C\C/C=C\C/C=C\CCCCC)OC(=O)CCC/C=C\C/C=C\C/C=C\C/C=C\CCCCC)OC(=O)CCCCCCC/C=C\C/C=C\CCCCC. The molecule has 0 amide bonds. The molecule has 19 heteroatoms. The summed E-state index contributed by atoms with van der Waals surface area (Å²) in [5, 5.41) is 10.7. The Bertz CT molecular complexity index is 2850. The van der Waals surface area contributed by atoms with Crippen molar-refractivity contribution in [1.29, 1.82) is 0 Å². The molecular formula is C91H146O17P2. The van der Waals surface area contributed by atoms with E-state index in [0.29, 0.717) is 38.5 Å². The molecule has 0 aliphatic rings. The number of hydrogen-bond acceptors (Lipinski definition) is 15. The van der Waals surface area contributed by atoms with Crippen molar-refractivity contribution in [3.8, 4) is 0 Å². The molecule has 3 N–H and O–H groups in total. The summed E-state index contributed by atoms with van der Waals surface area (Å²) < 4.78 is 68.5. The van der Waals surface area contributed by atoms with Crippen molar-refractivity contribution in [1.82, 2.24) is 0 Å². The van der Waals surface area contributed by atoms with Crippen LogP contribution in [-0.4, -0.2) is 96.7 Å². The highest BCUT2D eigenvalue weighted by Crippen LogP contribution is 2.45. The monoisotopic (exact) mass is 1570 g/mol. The first-order chi connectivity index (χ1) is 53.7. The van der Waals surface area contributed by atoms with Crippen LogP contribution in [0.1, 0.15) is 297 Å². The van der Waals surface area contributed by atoms with Gasteiger partial charge in [0.25, 0.3) is 0 Å². The fourth-order valence-corrected chi connectivity index (χ4v) is 11.8. The van der Waals surface area contributed by atoms with E-state index in [1.807, 2.05) is 30.4 Å². The lowest BCUT2D eigenvalue weighted by molar-refractivity contribution is -0.161. The Kier molecular flexibility index (Phi) is 76.4. The molecule has 0 saturated heterocycles. The largest absolute Gasteiger partial charge is 0.472 e. The first kappa shape index (κ1) is 104. The summed E-state index contributed by atoms with van der Waals surface area (Å²) in [6.45, 7) is 4.46. The van der Waals surface area contributed by atoms with Crippen LogP contribution in [-0.2, 0) is 65.4 Å². The number of carbonyl (C=O) groups is 4. The lowest BCUT2D eigenvalue weighted by Gasteiger charge is -2.21. The Hall–Kier alpha value is -6.10. The highest BCUT2D eigenvalue weighted by molar-refractivity contribution is 7.47. The molecule has 110 heavy (non-hydrogen) atoms. The van der Waals surface area contributed by atoms with Crippen molar-refractivity contribution in [2.75, 3.05) is 39.6 Å². The number of aliphatic hydroxyl groups excluding tert-OH is 1. The Labute approximate surface area is 666 Å². The Morgan fingerprint density at radius 3 is 0.827 bits per heavy atom. The molecule has 622 valence electrons. The maximum Gasteiger partial charge on any atom is 0.472 e. The fraction of sp³-hybridized carbons (Fsp3) is 0.604. The number of unbranched alkanes of at least 4 members (excludes halogenated alkanes) is 18. The van der Waals surface area contributed by atoms with Gasteiger partial charge >= 0.3 is 39.5 Å². The van der Waals surface area contributed by atoms with Crippen LogP contribution >= 0.6 is 15.6 Å². The van der Waals surface area contributed by atoms with Crippen molar-refractivity contribution in [3.63, 3.8) is 0 Å². The van der Waals surface area contributed by atoms with E-state index in [2.05, 4.69) is 192 Å². The average molecular weight is 1570 g/mol. The minimum Gasteiger partial charge on any atom is -0.462 e. The van der Waals surface area contributed by atoms with E-state index < -0.39 is 97.5 Å². The Morgan fingerprint density at radius 1 is 0.264 bits per heavy atom. The number of ether oxygens (including phenoxy) is 4. The number of esters is 4. The van der Waals surface area contributed by atoms with Crippen molar-refractivity contribution >= 4 is 39.5 Å². The third kappa shape index (κ3) is 80.0. The van der Waals surface area contributed by atoms with Gasteiger partial charge in [0.05, 0.1) is 26.4 Å². The molecule has 5 atom stereocenters. The van der Waals surface area contributed by atoms with Gasteiger partial charge in [-0.15, -0.1) is 0 Å². The van der Waals surface area contributed by atoms with E-state index in [1.165, 1.54) is 57.8 Å². The van der Waals surface area contributed by atoms with Gasteiger partial charge in [-0.1, -0.05) is 286 Å². The molecule has 0 aromatic carbocycles. The van der Waals surface area contributed by atoms with Gasteiger partial charge in [-0.25, -0.2) is 9.13 Å². The maximum atomic E-state index is 13.1. The zero-order valence-electron chi connectivity index (χ0n) is 68.1. The van der Waals surface area contributed by atoms with Crippen LogP contribution in [0.15, 0.2) is 194 Å². The van der Waals surface area contributed by atoms with Gasteiger partial charge in [0.1, 0.15) is 19.3 Å². The lowest BCUT2D eigenvalue weighted by Crippen LogP contribution is -2.30. The molecule has 0 bridgehead atoms. The molecule has 0 aromatic heterocycles. The molecule has 0 rings (SSSR count). The third-order valence-electron chi connectivity index (χ3n) is 16.5. The van der Waals surface area contributed by atoms with Crippen molar-refractivity contribution < 1.29 is 80.2 Å². The minimum atomic E-state index is -5.02. The van der Waals surface area contributed by atoms with Gasteiger partial charge in [0.15, 0.2) is 12.2 Å². The zero-order valence-corrected chi connectivity index (χ0v) is 69.9. The van der Waals surface area contributed by atoms with Crippen LogP contribution in [0.25, 0.3) is 0 Å². The molecule has 0 aromatic rings. The highest BCUT2D eigenvalue weighted by atomic mass is 31.2. The van der Waals surface area contributed by atoms with E-state index in [9.17, 15) is 43.2 Å². The molecule has 0 radical (unpaired) electrons. The number of allylic oxidation sites excluding steroid dienone is 32. The summed E-state index contributed by atoms with van der Waals surface area (Å²) >= 11 is 0. The summed E-state index contributed by atoms with van der Waals surface area (Å²) in [5.41, 5.74) is 0. The number of rotatable bonds is 76. The van der Waals surface area contributed by atoms with Crippen LogP contribution in [0.3, 0.4) is 0 Å². The van der Waals surface area contributed by atoms with E-state index in [-0.39, 0.29) is 25.7 Å². The molecule has 0 saturated carbocycles. The summed E-state index contributed by atoms with van der Waals surface area (Å²) in [5.74, 6) is -2.41. The van der Waals surface area contributed by atoms with Gasteiger partial charge in [-0.05, 0) is 180 Å². The smallest absolute Gasteiger partial charge is 0.462 e. The fourth-order valence-electron chi connectivity index (χ4n) is 10.2. The summed E-state index contributed by atoms with van der Waals surface area (Å²) in [6.07, 6.45) is 99.9. The van der Waals surface area contributed by atoms with Crippen molar-refractivity contribution in [2.24, 2.45) is 0 Å². The molecule has 0 aliphatic carbocycles. The molecule has 17 nitrogen and oxygen atoms in total. The van der Waals surface area contributed by atoms with Gasteiger partial charge in [-0.2, -0.15) is 0 Å². The summed E-state index contributed by atoms with van der Waals surface area (Å²) in [6, 6.07) is 0. The first-order valence-electron chi connectivity index (χ1n) is 41.7. The van der Waals surface area contributed by atoms with Gasteiger partial charge in [0, 0.05) is 25.7 Å². The zero-order chi connectivity index (χ0) is 80.3. The van der Waals surface area contributed by atoms with Crippen molar-refractivity contribution in [3.05, 3.63) is 194 Å². The molecule has 0 fully saturated rings. The quantitative estimate of drug-likeness (QED) is 0.0169. The summed E-state index contributed by atoms with van der Waals surface area (Å²) in [7, 11) is -10.0. The summed E-state index contributed by atoms with van der Waals surface area (Å²) in [4.78, 5) is 73.1. The molecular weight excluding hydrogens is 1430 g/mol. The number of phosphoric acid groups is 2. The number of phosphoric ester groups is 2. The molecule has 2 unspecified atom stereocenters. The predicted octanol–water partition coefficient (Wildman–Crippen LogP) is 24.9. The number of hydrogen-bond donors (Lipinski definition) is 3. The van der Waals surface area contributed by atoms with Gasteiger partial charge < -0.3 is 33.8 Å². The van der Waals surface area contributed by atoms with E-state index in [0.717, 1.165) is 148 Å². The standard InChI is InChI=1S/C91H146O17P2/c1-5-9-13-17-21-25-29-33-37-40-42-45-48-51-55-59-63-67-71-75-88(93)101-81-86(107-90(95)77-73-69-65-61-57-53-47-36-32-28-24-20-16-12-8-4)83-105-109(97,98)103-79-85(92)80-104-110(99,100)106-84-87(108-91(96)78-74-70-66-62-58-54-50-44-39-35-31-27-23-19-15-11-7-3)82-102-89(94)76-72-68-64-60-56-52-49-46-43-41-38-34-30-26-22-18-14-10-6-2/h9,13,21-28,33-39,42-43,45-47,50-52,54-56,62,64,66,68,85-87,92H,5-8,10-12,14-20,29-32,40-41,44,48-49,53,57-61,63,65,67,69-84H2,1-4H3,(H,97,98)(H,99,100)/b13-9-,25-21-,26-22-,27-23-,28-24-,37-33-,38-34-,39-35-,45-42-,46-43-,47-36-,54-50-,55-51-,56-52-,66-62-,68-64-/t85-,86-,87-/m1/s1. The van der Waals surface area contributed by atoms with Crippen LogP contribution in [0, 0.1) is 0 Å². The Balaban J connectivity index is 5.55. The normalized spacial score (nSPS) is 14.8. The van der Waals surface area contributed by atoms with E-state index in [4.69, 9.17) is 37.0 Å². The van der Waals surface area contributed by atoms with Gasteiger partial charge in [-0.3, -0.25) is 37.3 Å². The van der Waals surface area contributed by atoms with Crippen molar-refractivity contribution in [2.45, 2.75) is 316 Å². The predicted molar refractivity (Wildman–Crippen MR) is 454 cm³/mol. The van der Waals surface area contributed by atoms with Crippen LogP contribution in [0.4, 0.5) is 0 Å². The topological polar surface area (TPSA) is 237 Å². The first-order valence-corrected chi connectivity index (χ1v) is 44.7. The lowest BCUT2D eigenvalue weighted by atomic mass is 10.1. The molecule has 0 aliphatic heterocycles. The third-order valence-corrected chi connectivity index (χ3v) is 18.4. The van der Waals surface area contributed by atoms with E-state index >= 15 is 0 Å².